The number of hydrogen-bond acceptors (Lipinski definition) is 3. The number of amides is 1. The predicted molar refractivity (Wildman–Crippen MR) is 71.3 cm³/mol. The van der Waals surface area contributed by atoms with E-state index in [1.54, 1.807) is 4.90 Å². The van der Waals surface area contributed by atoms with Crippen LogP contribution < -0.4 is 5.73 Å². The van der Waals surface area contributed by atoms with Crippen molar-refractivity contribution in [1.82, 2.24) is 4.90 Å². The van der Waals surface area contributed by atoms with Gasteiger partial charge in [0.25, 0.3) is 0 Å². The maximum absolute atomic E-state index is 12.0. The first kappa shape index (κ1) is 13.7. The fraction of sp³-hybridized carbons (Fsp3) is 0.929. The van der Waals surface area contributed by atoms with Crippen LogP contribution in [0.5, 0.6) is 0 Å². The van der Waals surface area contributed by atoms with Crippen molar-refractivity contribution in [3.05, 3.63) is 0 Å². The zero-order chi connectivity index (χ0) is 13.4. The third-order valence-electron chi connectivity index (χ3n) is 4.33. The van der Waals surface area contributed by atoms with Crippen LogP contribution in [0.3, 0.4) is 0 Å². The number of carbonyl (C=O) groups is 1. The predicted octanol–water partition coefficient (Wildman–Crippen LogP) is 2.51. The standard InChI is InChI=1S/C14H26N2O2/c1-13(2,3)18-12(17)16-9-8-14(11(15)10-16)6-4-5-7-14/h11H,4-10,15H2,1-3H3. The highest BCUT2D eigenvalue weighted by molar-refractivity contribution is 5.68. The minimum absolute atomic E-state index is 0.112. The Morgan fingerprint density at radius 1 is 1.28 bits per heavy atom. The van der Waals surface area contributed by atoms with Crippen LogP contribution in [-0.4, -0.2) is 35.7 Å². The van der Waals surface area contributed by atoms with E-state index in [1.807, 2.05) is 20.8 Å². The third-order valence-corrected chi connectivity index (χ3v) is 4.33. The largest absolute Gasteiger partial charge is 0.444 e. The van der Waals surface area contributed by atoms with Gasteiger partial charge in [0.2, 0.25) is 0 Å². The molecule has 0 aromatic carbocycles. The lowest BCUT2D eigenvalue weighted by Gasteiger charge is -2.44. The number of likely N-dealkylation sites (tertiary alicyclic amines) is 1. The van der Waals surface area contributed by atoms with Gasteiger partial charge in [0.05, 0.1) is 0 Å². The SMILES string of the molecule is CC(C)(C)OC(=O)N1CCC2(CCCC2)C(N)C1. The van der Waals surface area contributed by atoms with Crippen LogP contribution in [0.2, 0.25) is 0 Å². The van der Waals surface area contributed by atoms with Gasteiger partial charge in [-0.05, 0) is 45.4 Å². The Morgan fingerprint density at radius 2 is 1.89 bits per heavy atom. The maximum Gasteiger partial charge on any atom is 0.410 e. The van der Waals surface area contributed by atoms with Gasteiger partial charge in [-0.3, -0.25) is 0 Å². The summed E-state index contributed by atoms with van der Waals surface area (Å²) in [5.41, 5.74) is 6.19. The Hall–Kier alpha value is -0.770. The van der Waals surface area contributed by atoms with Gasteiger partial charge in [0, 0.05) is 19.1 Å². The molecule has 0 bridgehead atoms. The summed E-state index contributed by atoms with van der Waals surface area (Å²) in [6, 6.07) is 0.112. The number of carbonyl (C=O) groups excluding carboxylic acids is 1. The van der Waals surface area contributed by atoms with Crippen molar-refractivity contribution in [3.8, 4) is 0 Å². The second-order valence-corrected chi connectivity index (χ2v) is 6.85. The molecule has 2 aliphatic rings. The lowest BCUT2D eigenvalue weighted by Crippen LogP contribution is -2.56. The van der Waals surface area contributed by atoms with E-state index in [9.17, 15) is 4.79 Å². The van der Waals surface area contributed by atoms with Crippen molar-refractivity contribution in [3.63, 3.8) is 0 Å². The molecule has 4 heteroatoms. The second kappa shape index (κ2) is 4.72. The van der Waals surface area contributed by atoms with Crippen LogP contribution >= 0.6 is 0 Å². The number of hydrogen-bond donors (Lipinski definition) is 1. The van der Waals surface area contributed by atoms with Gasteiger partial charge in [-0.15, -0.1) is 0 Å². The molecule has 2 N–H and O–H groups in total. The van der Waals surface area contributed by atoms with Crippen LogP contribution in [0.1, 0.15) is 52.9 Å². The van der Waals surface area contributed by atoms with Crippen LogP contribution in [0.4, 0.5) is 4.79 Å². The molecule has 18 heavy (non-hydrogen) atoms. The zero-order valence-electron chi connectivity index (χ0n) is 11.9. The van der Waals surface area contributed by atoms with E-state index in [2.05, 4.69) is 0 Å². The average Bonchev–Trinajstić information content (AvgIpc) is 2.69. The Morgan fingerprint density at radius 3 is 2.39 bits per heavy atom. The summed E-state index contributed by atoms with van der Waals surface area (Å²) >= 11 is 0. The van der Waals surface area contributed by atoms with E-state index in [4.69, 9.17) is 10.5 Å². The summed E-state index contributed by atoms with van der Waals surface area (Å²) in [5, 5.41) is 0. The fourth-order valence-corrected chi connectivity index (χ4v) is 3.26. The minimum atomic E-state index is -0.427. The molecule has 1 amide bonds. The van der Waals surface area contributed by atoms with Crippen LogP contribution in [0.25, 0.3) is 0 Å². The van der Waals surface area contributed by atoms with Gasteiger partial charge >= 0.3 is 6.09 Å². The second-order valence-electron chi connectivity index (χ2n) is 6.85. The molecule has 1 saturated carbocycles. The van der Waals surface area contributed by atoms with Gasteiger partial charge in [-0.25, -0.2) is 4.79 Å². The molecule has 1 aliphatic heterocycles. The van der Waals surface area contributed by atoms with E-state index in [0.717, 1.165) is 13.0 Å². The fourth-order valence-electron chi connectivity index (χ4n) is 3.26. The molecule has 1 unspecified atom stereocenters. The Bertz CT molecular complexity index is 316. The highest BCUT2D eigenvalue weighted by atomic mass is 16.6. The molecule has 1 atom stereocenters. The first-order valence-electron chi connectivity index (χ1n) is 7.06. The highest BCUT2D eigenvalue weighted by Gasteiger charge is 2.44. The van der Waals surface area contributed by atoms with Gasteiger partial charge in [0.1, 0.15) is 5.60 Å². The van der Waals surface area contributed by atoms with E-state index in [0.29, 0.717) is 12.0 Å². The monoisotopic (exact) mass is 254 g/mol. The molecule has 2 fully saturated rings. The molecule has 0 aromatic heterocycles. The molecule has 1 spiro atoms. The molecule has 1 saturated heterocycles. The molecule has 1 aliphatic carbocycles. The highest BCUT2D eigenvalue weighted by Crippen LogP contribution is 2.45. The minimum Gasteiger partial charge on any atom is -0.444 e. The molecule has 2 rings (SSSR count). The molecule has 0 radical (unpaired) electrons. The summed E-state index contributed by atoms with van der Waals surface area (Å²) in [7, 11) is 0. The van der Waals surface area contributed by atoms with Gasteiger partial charge < -0.3 is 15.4 Å². The van der Waals surface area contributed by atoms with Crippen LogP contribution in [-0.2, 0) is 4.74 Å². The van der Waals surface area contributed by atoms with Crippen molar-refractivity contribution in [2.24, 2.45) is 11.1 Å². The van der Waals surface area contributed by atoms with Gasteiger partial charge in [-0.2, -0.15) is 0 Å². The van der Waals surface area contributed by atoms with Gasteiger partial charge in [-0.1, -0.05) is 12.8 Å². The molecule has 0 aromatic rings. The maximum atomic E-state index is 12.0. The van der Waals surface area contributed by atoms with Crippen LogP contribution in [0.15, 0.2) is 0 Å². The molecule has 104 valence electrons. The lowest BCUT2D eigenvalue weighted by atomic mass is 9.73. The molecule has 1 heterocycles. The number of piperidine rings is 1. The molecular weight excluding hydrogens is 228 g/mol. The lowest BCUT2D eigenvalue weighted by molar-refractivity contribution is 0.00557. The van der Waals surface area contributed by atoms with Gasteiger partial charge in [0.15, 0.2) is 0 Å². The first-order chi connectivity index (χ1) is 8.32. The summed E-state index contributed by atoms with van der Waals surface area (Å²) in [6.07, 6.45) is 5.87. The zero-order valence-corrected chi connectivity index (χ0v) is 11.9. The van der Waals surface area contributed by atoms with Crippen molar-refractivity contribution < 1.29 is 9.53 Å². The smallest absolute Gasteiger partial charge is 0.410 e. The third kappa shape index (κ3) is 2.79. The Labute approximate surface area is 110 Å². The summed E-state index contributed by atoms with van der Waals surface area (Å²) in [5.74, 6) is 0. The van der Waals surface area contributed by atoms with E-state index in [-0.39, 0.29) is 12.1 Å². The Balaban J connectivity index is 1.94. The van der Waals surface area contributed by atoms with Crippen molar-refractivity contribution in [1.29, 1.82) is 0 Å². The normalized spacial score (nSPS) is 27.6. The summed E-state index contributed by atoms with van der Waals surface area (Å²) in [4.78, 5) is 13.8. The topological polar surface area (TPSA) is 55.6 Å². The molecular formula is C14H26N2O2. The number of rotatable bonds is 0. The number of ether oxygens (including phenoxy) is 1. The van der Waals surface area contributed by atoms with E-state index in [1.165, 1.54) is 25.7 Å². The van der Waals surface area contributed by atoms with Crippen molar-refractivity contribution in [2.45, 2.75) is 64.5 Å². The van der Waals surface area contributed by atoms with Crippen LogP contribution in [0, 0.1) is 5.41 Å². The molecule has 4 nitrogen and oxygen atoms in total. The number of nitrogens with zero attached hydrogens (tertiary/aromatic N) is 1. The Kier molecular flexibility index (Phi) is 3.58. The van der Waals surface area contributed by atoms with E-state index < -0.39 is 5.60 Å². The quantitative estimate of drug-likeness (QED) is 0.722. The average molecular weight is 254 g/mol. The van der Waals surface area contributed by atoms with Crippen molar-refractivity contribution in [2.75, 3.05) is 13.1 Å². The van der Waals surface area contributed by atoms with Crippen molar-refractivity contribution >= 4 is 6.09 Å². The number of nitrogens with two attached hydrogens (primary N) is 1. The van der Waals surface area contributed by atoms with E-state index >= 15 is 0 Å². The summed E-state index contributed by atoms with van der Waals surface area (Å²) < 4.78 is 5.41. The summed E-state index contributed by atoms with van der Waals surface area (Å²) in [6.45, 7) is 7.13. The first-order valence-corrected chi connectivity index (χ1v) is 7.06.